The van der Waals surface area contributed by atoms with Gasteiger partial charge in [-0.15, -0.1) is 0 Å². The Kier molecular flexibility index (Phi) is 5.04. The van der Waals surface area contributed by atoms with Crippen LogP contribution in [0.5, 0.6) is 11.5 Å². The van der Waals surface area contributed by atoms with Gasteiger partial charge in [0.2, 0.25) is 0 Å². The third kappa shape index (κ3) is 3.52. The lowest BCUT2D eigenvalue weighted by Crippen LogP contribution is -2.02. The predicted octanol–water partition coefficient (Wildman–Crippen LogP) is 3.74. The minimum absolute atomic E-state index is 0.537. The zero-order valence-electron chi connectivity index (χ0n) is 11.5. The number of hydrogen-bond acceptors (Lipinski definition) is 3. The zero-order chi connectivity index (χ0) is 14.5. The topological polar surface area (TPSA) is 38.7 Å². The molecule has 0 spiro atoms. The molecule has 0 heterocycles. The van der Waals surface area contributed by atoms with Gasteiger partial charge in [0.25, 0.3) is 0 Å². The zero-order valence-corrected chi connectivity index (χ0v) is 13.1. The molecule has 4 heteroatoms. The van der Waals surface area contributed by atoms with E-state index in [9.17, 15) is 5.11 Å². The molecule has 0 saturated heterocycles. The van der Waals surface area contributed by atoms with Gasteiger partial charge in [0, 0.05) is 6.42 Å². The largest absolute Gasteiger partial charge is 0.497 e. The Morgan fingerprint density at radius 2 is 1.90 bits per heavy atom. The summed E-state index contributed by atoms with van der Waals surface area (Å²) < 4.78 is 11.2. The molecule has 0 amide bonds. The van der Waals surface area contributed by atoms with E-state index in [0.717, 1.165) is 27.1 Å². The Balaban J connectivity index is 2.14. The average Bonchev–Trinajstić information content (AvgIpc) is 2.47. The fourth-order valence-corrected chi connectivity index (χ4v) is 2.61. The number of hydrogen-bond donors (Lipinski definition) is 1. The van der Waals surface area contributed by atoms with Crippen LogP contribution >= 0.6 is 15.9 Å². The van der Waals surface area contributed by atoms with E-state index >= 15 is 0 Å². The van der Waals surface area contributed by atoms with Crippen LogP contribution in [0.4, 0.5) is 0 Å². The lowest BCUT2D eigenvalue weighted by atomic mass is 10.0. The first kappa shape index (κ1) is 14.9. The molecule has 2 rings (SSSR count). The van der Waals surface area contributed by atoms with E-state index in [1.807, 2.05) is 42.5 Å². The monoisotopic (exact) mass is 336 g/mol. The maximum Gasteiger partial charge on any atom is 0.133 e. The highest BCUT2D eigenvalue weighted by atomic mass is 79.9. The summed E-state index contributed by atoms with van der Waals surface area (Å²) in [4.78, 5) is 0. The maximum absolute atomic E-state index is 10.3. The van der Waals surface area contributed by atoms with Gasteiger partial charge in [0.05, 0.1) is 24.8 Å². The van der Waals surface area contributed by atoms with E-state index in [1.165, 1.54) is 0 Å². The smallest absolute Gasteiger partial charge is 0.133 e. The van der Waals surface area contributed by atoms with Gasteiger partial charge in [-0.05, 0) is 51.3 Å². The number of ether oxygens (including phenoxy) is 2. The summed E-state index contributed by atoms with van der Waals surface area (Å²) in [6.45, 7) is 0. The van der Waals surface area contributed by atoms with Gasteiger partial charge in [-0.2, -0.15) is 0 Å². The molecule has 0 aliphatic rings. The number of methoxy groups -OCH3 is 2. The lowest BCUT2D eigenvalue weighted by molar-refractivity contribution is 0.178. The number of aliphatic hydroxyl groups excluding tert-OH is 1. The first-order valence-electron chi connectivity index (χ1n) is 6.28. The van der Waals surface area contributed by atoms with Crippen LogP contribution in [0.3, 0.4) is 0 Å². The van der Waals surface area contributed by atoms with Gasteiger partial charge >= 0.3 is 0 Å². The molecule has 0 bridgehead atoms. The van der Waals surface area contributed by atoms with Crippen LogP contribution in [0.15, 0.2) is 46.9 Å². The summed E-state index contributed by atoms with van der Waals surface area (Å²) in [6.07, 6.45) is -0.0270. The predicted molar refractivity (Wildman–Crippen MR) is 82.4 cm³/mol. The third-order valence-electron chi connectivity index (χ3n) is 3.12. The van der Waals surface area contributed by atoms with Crippen molar-refractivity contribution in [1.29, 1.82) is 0 Å². The molecule has 0 aliphatic heterocycles. The van der Waals surface area contributed by atoms with Crippen molar-refractivity contribution in [3.8, 4) is 11.5 Å². The van der Waals surface area contributed by atoms with Crippen molar-refractivity contribution < 1.29 is 14.6 Å². The third-order valence-corrected chi connectivity index (χ3v) is 3.74. The molecule has 20 heavy (non-hydrogen) atoms. The van der Waals surface area contributed by atoms with Crippen LogP contribution in [0.1, 0.15) is 17.2 Å². The standard InChI is InChI=1S/C16H17BrO3/c1-19-13-5-3-4-12(10-13)15(18)9-11-6-7-16(20-2)14(17)8-11/h3-8,10,15,18H,9H2,1-2H3. The van der Waals surface area contributed by atoms with E-state index < -0.39 is 6.10 Å². The van der Waals surface area contributed by atoms with Gasteiger partial charge in [-0.3, -0.25) is 0 Å². The van der Waals surface area contributed by atoms with Gasteiger partial charge in [0.15, 0.2) is 0 Å². The summed E-state index contributed by atoms with van der Waals surface area (Å²) in [7, 11) is 3.25. The number of aliphatic hydroxyl groups is 1. The first-order chi connectivity index (χ1) is 9.63. The molecule has 2 aromatic carbocycles. The van der Waals surface area contributed by atoms with Crippen molar-refractivity contribution in [3.63, 3.8) is 0 Å². The van der Waals surface area contributed by atoms with Gasteiger partial charge < -0.3 is 14.6 Å². The van der Waals surface area contributed by atoms with Crippen molar-refractivity contribution in [2.45, 2.75) is 12.5 Å². The summed E-state index contributed by atoms with van der Waals surface area (Å²) in [5.41, 5.74) is 1.88. The van der Waals surface area contributed by atoms with Crippen LogP contribution in [-0.4, -0.2) is 19.3 Å². The van der Waals surface area contributed by atoms with E-state index in [0.29, 0.717) is 6.42 Å². The molecule has 1 atom stereocenters. The average molecular weight is 337 g/mol. The van der Waals surface area contributed by atoms with Crippen molar-refractivity contribution in [2.75, 3.05) is 14.2 Å². The maximum atomic E-state index is 10.3. The molecule has 1 unspecified atom stereocenters. The normalized spacial score (nSPS) is 12.0. The Morgan fingerprint density at radius 1 is 1.10 bits per heavy atom. The minimum atomic E-state index is -0.564. The summed E-state index contributed by atoms with van der Waals surface area (Å²) in [5, 5.41) is 10.3. The Labute approximate surface area is 127 Å². The molecule has 0 saturated carbocycles. The fraction of sp³-hybridized carbons (Fsp3) is 0.250. The van der Waals surface area contributed by atoms with Crippen LogP contribution in [0.25, 0.3) is 0 Å². The second-order valence-electron chi connectivity index (χ2n) is 4.47. The van der Waals surface area contributed by atoms with E-state index in [1.54, 1.807) is 14.2 Å². The number of halogens is 1. The molecular weight excluding hydrogens is 320 g/mol. The minimum Gasteiger partial charge on any atom is -0.497 e. The van der Waals surface area contributed by atoms with Crippen LogP contribution < -0.4 is 9.47 Å². The van der Waals surface area contributed by atoms with Gasteiger partial charge in [-0.1, -0.05) is 18.2 Å². The second-order valence-corrected chi connectivity index (χ2v) is 5.32. The SMILES string of the molecule is COc1cccc(C(O)Cc2ccc(OC)c(Br)c2)c1. The highest BCUT2D eigenvalue weighted by Gasteiger charge is 2.11. The summed E-state index contributed by atoms with van der Waals surface area (Å²) in [5.74, 6) is 1.53. The highest BCUT2D eigenvalue weighted by Crippen LogP contribution is 2.28. The molecule has 0 aliphatic carbocycles. The summed E-state index contributed by atoms with van der Waals surface area (Å²) in [6, 6.07) is 13.3. The Bertz CT molecular complexity index is 584. The van der Waals surface area contributed by atoms with Crippen LogP contribution in [0.2, 0.25) is 0 Å². The van der Waals surface area contributed by atoms with E-state index in [-0.39, 0.29) is 0 Å². The van der Waals surface area contributed by atoms with Crippen molar-refractivity contribution in [3.05, 3.63) is 58.1 Å². The van der Waals surface area contributed by atoms with Crippen LogP contribution in [0, 0.1) is 0 Å². The molecule has 1 N–H and O–H groups in total. The molecule has 0 radical (unpaired) electrons. The Morgan fingerprint density at radius 3 is 2.55 bits per heavy atom. The number of benzene rings is 2. The van der Waals surface area contributed by atoms with Crippen molar-refractivity contribution in [2.24, 2.45) is 0 Å². The lowest BCUT2D eigenvalue weighted by Gasteiger charge is -2.13. The summed E-state index contributed by atoms with van der Waals surface area (Å²) >= 11 is 3.45. The fourth-order valence-electron chi connectivity index (χ4n) is 2.03. The van der Waals surface area contributed by atoms with Crippen molar-refractivity contribution in [1.82, 2.24) is 0 Å². The van der Waals surface area contributed by atoms with Gasteiger partial charge in [-0.25, -0.2) is 0 Å². The molecular formula is C16H17BrO3. The molecule has 3 nitrogen and oxygen atoms in total. The van der Waals surface area contributed by atoms with E-state index in [2.05, 4.69) is 15.9 Å². The van der Waals surface area contributed by atoms with Crippen LogP contribution in [-0.2, 0) is 6.42 Å². The quantitative estimate of drug-likeness (QED) is 0.903. The molecule has 0 aromatic heterocycles. The first-order valence-corrected chi connectivity index (χ1v) is 7.07. The highest BCUT2D eigenvalue weighted by molar-refractivity contribution is 9.10. The molecule has 106 valence electrons. The number of rotatable bonds is 5. The van der Waals surface area contributed by atoms with Gasteiger partial charge in [0.1, 0.15) is 11.5 Å². The van der Waals surface area contributed by atoms with E-state index in [4.69, 9.17) is 9.47 Å². The molecule has 2 aromatic rings. The second kappa shape index (κ2) is 6.77. The molecule has 0 fully saturated rings. The van der Waals surface area contributed by atoms with Crippen molar-refractivity contribution >= 4 is 15.9 Å². The Hall–Kier alpha value is -1.52.